The number of aromatic nitrogens is 1. The van der Waals surface area contributed by atoms with Crippen molar-refractivity contribution in [2.24, 2.45) is 7.05 Å². The number of amides is 1. The van der Waals surface area contributed by atoms with Gasteiger partial charge >= 0.3 is 4.87 Å². The van der Waals surface area contributed by atoms with E-state index < -0.39 is 22.5 Å². The third-order valence-electron chi connectivity index (χ3n) is 5.33. The Kier molecular flexibility index (Phi) is 6.09. The van der Waals surface area contributed by atoms with Crippen LogP contribution >= 0.6 is 11.3 Å². The molecule has 1 N–H and O–H groups in total. The molecule has 1 heterocycles. The van der Waals surface area contributed by atoms with Crippen LogP contribution in [0.4, 0.5) is 11.4 Å². The monoisotopic (exact) mass is 481 g/mol. The number of thiazole rings is 1. The second kappa shape index (κ2) is 8.84. The fourth-order valence-corrected chi connectivity index (χ4v) is 5.97. The zero-order valence-electron chi connectivity index (χ0n) is 18.4. The van der Waals surface area contributed by atoms with E-state index in [0.717, 1.165) is 37.0 Å². The SMILES string of the molecule is Cc1ccc(C)c(N(CC(=O)Nc2ccc3c(c2)sc(=O)n3C)S(=O)(=O)c2ccccc2)c1. The van der Waals surface area contributed by atoms with Crippen LogP contribution in [-0.4, -0.2) is 25.4 Å². The number of carbonyl (C=O) groups excluding carboxylic acids is 1. The zero-order chi connectivity index (χ0) is 23.8. The Morgan fingerprint density at radius 3 is 2.48 bits per heavy atom. The lowest BCUT2D eigenvalue weighted by Crippen LogP contribution is -2.38. The van der Waals surface area contributed by atoms with Crippen molar-refractivity contribution in [3.05, 3.63) is 87.5 Å². The molecule has 0 saturated carbocycles. The van der Waals surface area contributed by atoms with E-state index in [1.807, 2.05) is 26.0 Å². The van der Waals surface area contributed by atoms with Crippen molar-refractivity contribution in [1.82, 2.24) is 4.57 Å². The van der Waals surface area contributed by atoms with Crippen LogP contribution in [0.15, 0.2) is 76.4 Å². The van der Waals surface area contributed by atoms with Gasteiger partial charge in [0.2, 0.25) is 5.91 Å². The number of hydrogen-bond acceptors (Lipinski definition) is 5. The lowest BCUT2D eigenvalue weighted by atomic mass is 10.1. The molecule has 0 fully saturated rings. The first-order valence-electron chi connectivity index (χ1n) is 10.2. The average Bonchev–Trinajstić information content (AvgIpc) is 3.07. The summed E-state index contributed by atoms with van der Waals surface area (Å²) in [5.41, 5.74) is 3.34. The predicted molar refractivity (Wildman–Crippen MR) is 133 cm³/mol. The van der Waals surface area contributed by atoms with E-state index in [2.05, 4.69) is 5.32 Å². The number of nitrogens with zero attached hydrogens (tertiary/aromatic N) is 2. The molecule has 0 unspecified atom stereocenters. The van der Waals surface area contributed by atoms with Crippen LogP contribution in [0.3, 0.4) is 0 Å². The Bertz CT molecular complexity index is 1510. The largest absolute Gasteiger partial charge is 0.324 e. The summed E-state index contributed by atoms with van der Waals surface area (Å²) >= 11 is 1.09. The normalized spacial score (nSPS) is 11.5. The zero-order valence-corrected chi connectivity index (χ0v) is 20.0. The summed E-state index contributed by atoms with van der Waals surface area (Å²) in [7, 11) is -2.30. The summed E-state index contributed by atoms with van der Waals surface area (Å²) in [6, 6.07) is 18.7. The average molecular weight is 482 g/mol. The number of benzene rings is 3. The second-order valence-corrected chi connectivity index (χ2v) is 10.6. The van der Waals surface area contributed by atoms with Gasteiger partial charge in [0.15, 0.2) is 0 Å². The minimum atomic E-state index is -3.99. The van der Waals surface area contributed by atoms with Gasteiger partial charge in [-0.15, -0.1) is 0 Å². The maximum absolute atomic E-state index is 13.5. The molecular weight excluding hydrogens is 458 g/mol. The number of hydrogen-bond donors (Lipinski definition) is 1. The van der Waals surface area contributed by atoms with Gasteiger partial charge in [0.1, 0.15) is 6.54 Å². The highest BCUT2D eigenvalue weighted by Crippen LogP contribution is 2.28. The second-order valence-electron chi connectivity index (χ2n) is 7.77. The van der Waals surface area contributed by atoms with Gasteiger partial charge in [-0.2, -0.15) is 0 Å². The van der Waals surface area contributed by atoms with Crippen molar-refractivity contribution >= 4 is 48.9 Å². The number of sulfonamides is 1. The smallest absolute Gasteiger partial charge is 0.307 e. The van der Waals surface area contributed by atoms with Crippen molar-refractivity contribution in [2.75, 3.05) is 16.2 Å². The van der Waals surface area contributed by atoms with Gasteiger partial charge in [-0.1, -0.05) is 41.7 Å². The number of anilines is 2. The summed E-state index contributed by atoms with van der Waals surface area (Å²) in [6.07, 6.45) is 0. The molecule has 4 aromatic rings. The predicted octanol–water partition coefficient (Wildman–Crippen LogP) is 4.05. The Morgan fingerprint density at radius 1 is 1.03 bits per heavy atom. The van der Waals surface area contributed by atoms with Crippen LogP contribution in [0.2, 0.25) is 0 Å². The molecule has 4 rings (SSSR count). The van der Waals surface area contributed by atoms with Crippen LogP contribution in [0.25, 0.3) is 10.2 Å². The summed E-state index contributed by atoms with van der Waals surface area (Å²) in [6.45, 7) is 3.28. The van der Waals surface area contributed by atoms with Gasteiger partial charge in [-0.05, 0) is 61.4 Å². The van der Waals surface area contributed by atoms with Crippen LogP contribution < -0.4 is 14.5 Å². The Hall–Kier alpha value is -3.43. The van der Waals surface area contributed by atoms with E-state index in [0.29, 0.717) is 11.4 Å². The number of rotatable bonds is 6. The third kappa shape index (κ3) is 4.55. The van der Waals surface area contributed by atoms with E-state index >= 15 is 0 Å². The lowest BCUT2D eigenvalue weighted by Gasteiger charge is -2.26. The van der Waals surface area contributed by atoms with Gasteiger partial charge in [-0.3, -0.25) is 13.9 Å². The number of aryl methyl sites for hydroxylation is 3. The third-order valence-corrected chi connectivity index (χ3v) is 8.10. The summed E-state index contributed by atoms with van der Waals surface area (Å²) in [5, 5.41) is 2.77. The first kappa shape index (κ1) is 22.8. The quantitative estimate of drug-likeness (QED) is 0.450. The van der Waals surface area contributed by atoms with E-state index in [4.69, 9.17) is 0 Å². The molecule has 0 atom stereocenters. The lowest BCUT2D eigenvalue weighted by molar-refractivity contribution is -0.114. The molecule has 0 saturated heterocycles. The minimum absolute atomic E-state index is 0.0940. The highest BCUT2D eigenvalue weighted by Gasteiger charge is 2.28. The molecule has 0 bridgehead atoms. The van der Waals surface area contributed by atoms with E-state index in [1.165, 1.54) is 12.1 Å². The highest BCUT2D eigenvalue weighted by molar-refractivity contribution is 7.92. The molecule has 7 nitrogen and oxygen atoms in total. The fourth-order valence-electron chi connectivity index (χ4n) is 3.55. The minimum Gasteiger partial charge on any atom is -0.324 e. The molecule has 9 heteroatoms. The van der Waals surface area contributed by atoms with Gasteiger partial charge in [-0.25, -0.2) is 8.42 Å². The summed E-state index contributed by atoms with van der Waals surface area (Å²) < 4.78 is 30.4. The topological polar surface area (TPSA) is 88.5 Å². The number of fused-ring (bicyclic) bond motifs is 1. The number of nitrogens with one attached hydrogen (secondary N) is 1. The molecule has 1 amide bonds. The fraction of sp³-hybridized carbons (Fsp3) is 0.167. The Labute approximate surface area is 196 Å². The van der Waals surface area contributed by atoms with Crippen LogP contribution in [0.1, 0.15) is 11.1 Å². The van der Waals surface area contributed by atoms with E-state index in [-0.39, 0.29) is 9.77 Å². The van der Waals surface area contributed by atoms with Crippen LogP contribution in [0.5, 0.6) is 0 Å². The molecule has 0 aliphatic carbocycles. The molecule has 0 radical (unpaired) electrons. The van der Waals surface area contributed by atoms with Crippen LogP contribution in [0, 0.1) is 13.8 Å². The molecule has 170 valence electrons. The van der Waals surface area contributed by atoms with Crippen LogP contribution in [-0.2, 0) is 21.9 Å². The first-order valence-corrected chi connectivity index (χ1v) is 12.5. The standard InChI is InChI=1S/C24H23N3O4S2/c1-16-9-10-17(2)21(13-16)27(33(30,31)19-7-5-4-6-8-19)15-23(28)25-18-11-12-20-22(14-18)32-24(29)26(20)3/h4-14H,15H2,1-3H3,(H,25,28). The van der Waals surface area contributed by atoms with E-state index in [1.54, 1.807) is 54.1 Å². The van der Waals surface area contributed by atoms with Gasteiger partial charge in [0, 0.05) is 12.7 Å². The number of carbonyl (C=O) groups is 1. The maximum atomic E-state index is 13.5. The molecule has 33 heavy (non-hydrogen) atoms. The van der Waals surface area contributed by atoms with Crippen molar-refractivity contribution in [1.29, 1.82) is 0 Å². The molecule has 3 aromatic carbocycles. The van der Waals surface area contributed by atoms with Crippen molar-refractivity contribution in [3.8, 4) is 0 Å². The molecule has 0 aliphatic rings. The van der Waals surface area contributed by atoms with Crippen molar-refractivity contribution in [2.45, 2.75) is 18.7 Å². The van der Waals surface area contributed by atoms with Gasteiger partial charge in [0.25, 0.3) is 10.0 Å². The van der Waals surface area contributed by atoms with Gasteiger partial charge in [0.05, 0.1) is 20.8 Å². The Morgan fingerprint density at radius 2 is 1.76 bits per heavy atom. The summed E-state index contributed by atoms with van der Waals surface area (Å²) in [5.74, 6) is -0.488. The van der Waals surface area contributed by atoms with Crippen molar-refractivity contribution < 1.29 is 13.2 Å². The first-order chi connectivity index (χ1) is 15.7. The molecular formula is C24H23N3O4S2. The maximum Gasteiger partial charge on any atom is 0.307 e. The summed E-state index contributed by atoms with van der Waals surface area (Å²) in [4.78, 5) is 24.9. The molecule has 1 aromatic heterocycles. The Balaban J connectivity index is 1.68. The van der Waals surface area contributed by atoms with Gasteiger partial charge < -0.3 is 9.88 Å². The molecule has 0 aliphatic heterocycles. The molecule has 0 spiro atoms. The van der Waals surface area contributed by atoms with Crippen molar-refractivity contribution in [3.63, 3.8) is 0 Å². The van der Waals surface area contributed by atoms with E-state index in [9.17, 15) is 18.0 Å². The highest BCUT2D eigenvalue weighted by atomic mass is 32.2.